The molecule has 2 aliphatic heterocycles. The summed E-state index contributed by atoms with van der Waals surface area (Å²) >= 11 is 0. The Morgan fingerprint density at radius 3 is 2.52 bits per heavy atom. The Kier molecular flexibility index (Phi) is 3.26. The quantitative estimate of drug-likeness (QED) is 0.609. The van der Waals surface area contributed by atoms with Crippen LogP contribution in [0.15, 0.2) is 29.5 Å². The van der Waals surface area contributed by atoms with Crippen molar-refractivity contribution < 1.29 is 19.1 Å². The third-order valence-electron chi connectivity index (χ3n) is 4.37. The number of ether oxygens (including phenoxy) is 1. The maximum absolute atomic E-state index is 12.8. The third-order valence-corrected chi connectivity index (χ3v) is 4.37. The van der Waals surface area contributed by atoms with Gasteiger partial charge >= 0.3 is 5.97 Å². The molecular weight excluding hydrogens is 298 g/mol. The Morgan fingerprint density at radius 2 is 1.91 bits per heavy atom. The number of hydrogen-bond acceptors (Lipinski definition) is 6. The van der Waals surface area contributed by atoms with E-state index in [2.05, 4.69) is 15.6 Å². The van der Waals surface area contributed by atoms with Crippen molar-refractivity contribution in [3.05, 3.63) is 40.6 Å². The number of carbonyl (C=O) groups excluding carboxylic acids is 3. The van der Waals surface area contributed by atoms with E-state index in [0.717, 1.165) is 16.0 Å². The van der Waals surface area contributed by atoms with Gasteiger partial charge < -0.3 is 10.2 Å². The van der Waals surface area contributed by atoms with Gasteiger partial charge in [0.15, 0.2) is 0 Å². The van der Waals surface area contributed by atoms with Crippen molar-refractivity contribution in [1.82, 2.24) is 10.9 Å². The molecule has 120 valence electrons. The lowest BCUT2D eigenvalue weighted by Gasteiger charge is -2.20. The van der Waals surface area contributed by atoms with E-state index in [9.17, 15) is 14.4 Å². The Bertz CT molecular complexity index is 784. The fraction of sp³-hybridized carbons (Fsp3) is 0.312. The lowest BCUT2D eigenvalue weighted by atomic mass is 9.95. The lowest BCUT2D eigenvalue weighted by Crippen LogP contribution is -2.51. The minimum atomic E-state index is -1.29. The van der Waals surface area contributed by atoms with Gasteiger partial charge in [0, 0.05) is 0 Å². The Balaban J connectivity index is 2.13. The summed E-state index contributed by atoms with van der Waals surface area (Å²) in [5, 5.41) is 0. The highest BCUT2D eigenvalue weighted by atomic mass is 16.5. The number of esters is 1. The lowest BCUT2D eigenvalue weighted by molar-refractivity contribution is -0.137. The van der Waals surface area contributed by atoms with Crippen molar-refractivity contribution in [3.8, 4) is 0 Å². The van der Waals surface area contributed by atoms with Gasteiger partial charge in [0.25, 0.3) is 11.8 Å². The smallest absolute Gasteiger partial charge is 0.356 e. The van der Waals surface area contributed by atoms with Crippen molar-refractivity contribution in [2.24, 2.45) is 0 Å². The van der Waals surface area contributed by atoms with Gasteiger partial charge in [0.2, 0.25) is 0 Å². The van der Waals surface area contributed by atoms with Gasteiger partial charge in [-0.15, -0.1) is 0 Å². The number of fused-ring (bicyclic) bond motifs is 1. The Hall–Kier alpha value is -2.67. The summed E-state index contributed by atoms with van der Waals surface area (Å²) in [6.45, 7) is 5.42. The molecule has 0 bridgehead atoms. The molecule has 3 rings (SSSR count). The van der Waals surface area contributed by atoms with Gasteiger partial charge in [-0.25, -0.2) is 15.1 Å². The van der Waals surface area contributed by atoms with Gasteiger partial charge in [-0.1, -0.05) is 6.07 Å². The molecule has 7 heteroatoms. The van der Waals surface area contributed by atoms with Crippen LogP contribution in [0.3, 0.4) is 0 Å². The van der Waals surface area contributed by atoms with E-state index in [-0.39, 0.29) is 11.3 Å². The van der Waals surface area contributed by atoms with E-state index in [0.29, 0.717) is 5.69 Å². The SMILES string of the molecule is COC(=O)C1=C2C(=O)N(c3ccc(C)c(C)c3)C(=O)[C@]2(C)NN1. The van der Waals surface area contributed by atoms with Crippen LogP contribution in [-0.2, 0) is 19.1 Å². The maximum Gasteiger partial charge on any atom is 0.356 e. The third kappa shape index (κ3) is 1.97. The summed E-state index contributed by atoms with van der Waals surface area (Å²) in [4.78, 5) is 38.5. The van der Waals surface area contributed by atoms with Crippen LogP contribution in [0.1, 0.15) is 18.1 Å². The van der Waals surface area contributed by atoms with Gasteiger partial charge in [-0.2, -0.15) is 0 Å². The number of anilines is 1. The van der Waals surface area contributed by atoms with Crippen molar-refractivity contribution in [1.29, 1.82) is 0 Å². The van der Waals surface area contributed by atoms with Crippen molar-refractivity contribution in [2.75, 3.05) is 12.0 Å². The van der Waals surface area contributed by atoms with Crippen molar-refractivity contribution in [2.45, 2.75) is 26.3 Å². The topological polar surface area (TPSA) is 87.7 Å². The van der Waals surface area contributed by atoms with Crippen molar-refractivity contribution in [3.63, 3.8) is 0 Å². The van der Waals surface area contributed by atoms with Crippen LogP contribution < -0.4 is 15.8 Å². The first-order chi connectivity index (χ1) is 10.8. The van der Waals surface area contributed by atoms with Crippen molar-refractivity contribution >= 4 is 23.5 Å². The summed E-state index contributed by atoms with van der Waals surface area (Å²) in [5.41, 5.74) is 6.59. The molecule has 2 N–H and O–H groups in total. The number of methoxy groups -OCH3 is 1. The maximum atomic E-state index is 12.8. The number of hydrazine groups is 1. The number of carbonyl (C=O) groups is 3. The van der Waals surface area contributed by atoms with Gasteiger partial charge in [-0.05, 0) is 44.0 Å². The fourth-order valence-corrected chi connectivity index (χ4v) is 2.83. The highest BCUT2D eigenvalue weighted by molar-refractivity contribution is 6.34. The molecule has 0 unspecified atom stereocenters. The molecule has 2 aliphatic rings. The predicted molar refractivity (Wildman–Crippen MR) is 82.1 cm³/mol. The summed E-state index contributed by atoms with van der Waals surface area (Å²) in [6, 6.07) is 5.35. The van der Waals surface area contributed by atoms with Crippen LogP contribution in [0, 0.1) is 13.8 Å². The molecule has 1 fully saturated rings. The van der Waals surface area contributed by atoms with Crippen LogP contribution >= 0.6 is 0 Å². The average Bonchev–Trinajstić information content (AvgIpc) is 2.96. The number of rotatable bonds is 2. The number of nitrogens with zero attached hydrogens (tertiary/aromatic N) is 1. The average molecular weight is 315 g/mol. The van der Waals surface area contributed by atoms with Gasteiger partial charge in [-0.3, -0.25) is 9.59 Å². The molecule has 2 amide bonds. The second-order valence-corrected chi connectivity index (χ2v) is 5.83. The monoisotopic (exact) mass is 315 g/mol. The molecular formula is C16H17N3O4. The number of amides is 2. The molecule has 1 aromatic rings. The summed E-state index contributed by atoms with van der Waals surface area (Å²) in [5.74, 6) is -1.66. The minimum Gasteiger partial charge on any atom is -0.464 e. The van der Waals surface area contributed by atoms with Gasteiger partial charge in [0.1, 0.15) is 11.2 Å². The van der Waals surface area contributed by atoms with E-state index < -0.39 is 23.3 Å². The van der Waals surface area contributed by atoms with Crippen LogP contribution in [0.25, 0.3) is 0 Å². The molecule has 0 saturated carbocycles. The van der Waals surface area contributed by atoms with Crippen LogP contribution in [0.2, 0.25) is 0 Å². The number of nitrogens with one attached hydrogen (secondary N) is 2. The first-order valence-electron chi connectivity index (χ1n) is 7.13. The van der Waals surface area contributed by atoms with Crippen LogP contribution in [0.5, 0.6) is 0 Å². The molecule has 2 heterocycles. The summed E-state index contributed by atoms with van der Waals surface area (Å²) in [7, 11) is 1.22. The normalized spacial score (nSPS) is 23.2. The summed E-state index contributed by atoms with van der Waals surface area (Å²) in [6.07, 6.45) is 0. The number of hydrogen-bond donors (Lipinski definition) is 2. The van der Waals surface area contributed by atoms with Gasteiger partial charge in [0.05, 0.1) is 18.4 Å². The Labute approximate surface area is 133 Å². The minimum absolute atomic E-state index is 0.0281. The molecule has 1 saturated heterocycles. The largest absolute Gasteiger partial charge is 0.464 e. The predicted octanol–water partition coefficient (Wildman–Crippen LogP) is 0.470. The van der Waals surface area contributed by atoms with E-state index >= 15 is 0 Å². The first-order valence-corrected chi connectivity index (χ1v) is 7.13. The molecule has 1 atom stereocenters. The second-order valence-electron chi connectivity index (χ2n) is 5.83. The zero-order chi connectivity index (χ0) is 16.9. The number of imide groups is 1. The van der Waals surface area contributed by atoms with E-state index in [1.165, 1.54) is 7.11 Å². The van der Waals surface area contributed by atoms with E-state index in [4.69, 9.17) is 0 Å². The second kappa shape index (κ2) is 4.92. The van der Waals surface area contributed by atoms with E-state index in [1.54, 1.807) is 19.1 Å². The summed E-state index contributed by atoms with van der Waals surface area (Å²) < 4.78 is 4.67. The molecule has 23 heavy (non-hydrogen) atoms. The highest BCUT2D eigenvalue weighted by Gasteiger charge is 2.59. The highest BCUT2D eigenvalue weighted by Crippen LogP contribution is 2.37. The first kappa shape index (κ1) is 15.2. The van der Waals surface area contributed by atoms with E-state index in [1.807, 2.05) is 19.9 Å². The zero-order valence-electron chi connectivity index (χ0n) is 13.3. The molecule has 7 nitrogen and oxygen atoms in total. The molecule has 0 spiro atoms. The fourth-order valence-electron chi connectivity index (χ4n) is 2.83. The Morgan fingerprint density at radius 1 is 1.22 bits per heavy atom. The number of benzene rings is 1. The standard InChI is InChI=1S/C16H17N3O4/c1-8-5-6-10(7-9(8)2)19-13(20)11-12(14(21)23-4)17-18-16(11,3)15(19)22/h5-7,17-18H,1-4H3/t16-/m1/s1. The number of aryl methyl sites for hydroxylation is 2. The van der Waals surface area contributed by atoms with Crippen LogP contribution in [0.4, 0.5) is 5.69 Å². The molecule has 0 aliphatic carbocycles. The molecule has 0 radical (unpaired) electrons. The zero-order valence-corrected chi connectivity index (χ0v) is 13.3. The molecule has 1 aromatic carbocycles. The molecule has 0 aromatic heterocycles. The van der Waals surface area contributed by atoms with Crippen LogP contribution in [-0.4, -0.2) is 30.4 Å².